The van der Waals surface area contributed by atoms with Gasteiger partial charge in [-0.05, 0) is 36.4 Å². The van der Waals surface area contributed by atoms with E-state index in [9.17, 15) is 5.11 Å². The molecule has 0 aliphatic carbocycles. The number of nitrogens with zero attached hydrogens (tertiary/aromatic N) is 1. The molecule has 0 atom stereocenters. The third-order valence-corrected chi connectivity index (χ3v) is 3.62. The first-order chi connectivity index (χ1) is 9.61. The second-order valence-electron chi connectivity index (χ2n) is 4.37. The fraction of sp³-hybridized carbons (Fsp3) is 0.0714. The molecule has 2 aromatic carbocycles. The Labute approximate surface area is 125 Å². The number of hydrogen-bond acceptors (Lipinski definition) is 3. The van der Waals surface area contributed by atoms with E-state index in [0.29, 0.717) is 16.6 Å². The van der Waals surface area contributed by atoms with E-state index in [1.165, 1.54) is 0 Å². The molecule has 0 amide bonds. The second-order valence-corrected chi connectivity index (χ2v) is 5.18. The van der Waals surface area contributed by atoms with Crippen molar-refractivity contribution in [2.24, 2.45) is 0 Å². The summed E-state index contributed by atoms with van der Waals surface area (Å²) in [6, 6.07) is 10.3. The first-order valence-corrected chi connectivity index (χ1v) is 6.74. The molecule has 0 fully saturated rings. The number of fused-ring (bicyclic) bond motifs is 1. The summed E-state index contributed by atoms with van der Waals surface area (Å²) in [6.45, 7) is 0.536. The van der Waals surface area contributed by atoms with E-state index in [0.717, 1.165) is 22.5 Å². The van der Waals surface area contributed by atoms with Crippen molar-refractivity contribution in [1.82, 2.24) is 9.97 Å². The number of benzene rings is 2. The molecule has 0 saturated heterocycles. The summed E-state index contributed by atoms with van der Waals surface area (Å²) in [5.74, 6) is 1.02. The maximum absolute atomic E-state index is 9.22. The average molecular weight is 308 g/mol. The zero-order chi connectivity index (χ0) is 14.1. The zero-order valence-corrected chi connectivity index (χ0v) is 11.8. The molecule has 0 spiro atoms. The normalized spacial score (nSPS) is 10.9. The van der Waals surface area contributed by atoms with Crippen LogP contribution in [-0.2, 0) is 6.54 Å². The van der Waals surface area contributed by atoms with Crippen LogP contribution in [0, 0.1) is 0 Å². The number of H-pyrrole nitrogens is 1. The van der Waals surface area contributed by atoms with Crippen molar-refractivity contribution >= 4 is 39.9 Å². The van der Waals surface area contributed by atoms with Crippen molar-refractivity contribution in [1.29, 1.82) is 0 Å². The zero-order valence-electron chi connectivity index (χ0n) is 10.3. The van der Waals surface area contributed by atoms with Gasteiger partial charge in [0.25, 0.3) is 0 Å². The van der Waals surface area contributed by atoms with Crippen LogP contribution in [0.5, 0.6) is 5.75 Å². The van der Waals surface area contributed by atoms with E-state index in [4.69, 9.17) is 23.2 Å². The molecule has 1 heterocycles. The Balaban J connectivity index is 1.79. The Bertz CT molecular complexity index is 714. The molecule has 3 aromatic rings. The Morgan fingerprint density at radius 2 is 1.80 bits per heavy atom. The molecule has 20 heavy (non-hydrogen) atoms. The van der Waals surface area contributed by atoms with Crippen LogP contribution >= 0.6 is 23.2 Å². The van der Waals surface area contributed by atoms with Crippen LogP contribution in [0.1, 0.15) is 5.82 Å². The Kier molecular flexibility index (Phi) is 3.42. The summed E-state index contributed by atoms with van der Waals surface area (Å²) in [7, 11) is 0. The third-order valence-electron chi connectivity index (χ3n) is 2.90. The van der Waals surface area contributed by atoms with Gasteiger partial charge in [-0.25, -0.2) is 4.98 Å². The van der Waals surface area contributed by atoms with Crippen LogP contribution in [-0.4, -0.2) is 15.1 Å². The number of aromatic hydroxyl groups is 1. The van der Waals surface area contributed by atoms with Crippen LogP contribution in [0.4, 0.5) is 5.69 Å². The molecule has 0 saturated carbocycles. The molecular weight excluding hydrogens is 297 g/mol. The summed E-state index contributed by atoms with van der Waals surface area (Å²) in [4.78, 5) is 7.62. The lowest BCUT2D eigenvalue weighted by molar-refractivity contribution is 0.475. The van der Waals surface area contributed by atoms with Crippen LogP contribution in [0.2, 0.25) is 10.0 Å². The lowest BCUT2D eigenvalue weighted by Gasteiger charge is -2.03. The Hall–Kier alpha value is -1.91. The van der Waals surface area contributed by atoms with Crippen molar-refractivity contribution in [2.45, 2.75) is 6.54 Å². The molecule has 4 nitrogen and oxygen atoms in total. The molecule has 0 radical (unpaired) electrons. The molecule has 3 N–H and O–H groups in total. The number of hydrogen-bond donors (Lipinski definition) is 3. The minimum Gasteiger partial charge on any atom is -0.508 e. The SMILES string of the molecule is Oc1ccc(NCc2nc3cc(Cl)c(Cl)cc3[nH]2)cc1. The van der Waals surface area contributed by atoms with Gasteiger partial charge < -0.3 is 15.4 Å². The number of aromatic nitrogens is 2. The number of nitrogens with one attached hydrogen (secondary N) is 2. The topological polar surface area (TPSA) is 60.9 Å². The van der Waals surface area contributed by atoms with Crippen molar-refractivity contribution in [3.05, 3.63) is 52.3 Å². The number of rotatable bonds is 3. The number of halogens is 2. The van der Waals surface area contributed by atoms with Crippen LogP contribution in [0.3, 0.4) is 0 Å². The molecule has 102 valence electrons. The number of imidazole rings is 1. The number of anilines is 1. The van der Waals surface area contributed by atoms with Crippen molar-refractivity contribution in [3.63, 3.8) is 0 Å². The molecule has 1 aromatic heterocycles. The number of phenolic OH excluding ortho intramolecular Hbond substituents is 1. The molecule has 0 bridgehead atoms. The standard InChI is InChI=1S/C14H11Cl2N3O/c15-10-5-12-13(6-11(10)16)19-14(18-12)7-17-8-1-3-9(20)4-2-8/h1-6,17,20H,7H2,(H,18,19). The van der Waals surface area contributed by atoms with Crippen LogP contribution in [0.15, 0.2) is 36.4 Å². The molecule has 3 rings (SSSR count). The van der Waals surface area contributed by atoms with Gasteiger partial charge >= 0.3 is 0 Å². The van der Waals surface area contributed by atoms with Gasteiger partial charge in [-0.15, -0.1) is 0 Å². The van der Waals surface area contributed by atoms with Gasteiger partial charge in [0.15, 0.2) is 0 Å². The number of phenols is 1. The molecule has 6 heteroatoms. The summed E-state index contributed by atoms with van der Waals surface area (Å²) in [5.41, 5.74) is 2.53. The summed E-state index contributed by atoms with van der Waals surface area (Å²) in [5, 5.41) is 13.4. The lowest BCUT2D eigenvalue weighted by Crippen LogP contribution is -2.00. The molecule has 0 aliphatic rings. The van der Waals surface area contributed by atoms with Gasteiger partial charge in [-0.3, -0.25) is 0 Å². The van der Waals surface area contributed by atoms with Crippen molar-refractivity contribution in [2.75, 3.05) is 5.32 Å². The predicted molar refractivity (Wildman–Crippen MR) is 81.5 cm³/mol. The highest BCUT2D eigenvalue weighted by atomic mass is 35.5. The van der Waals surface area contributed by atoms with E-state index < -0.39 is 0 Å². The van der Waals surface area contributed by atoms with E-state index in [-0.39, 0.29) is 5.75 Å². The van der Waals surface area contributed by atoms with E-state index in [2.05, 4.69) is 15.3 Å². The first kappa shape index (κ1) is 13.1. The van der Waals surface area contributed by atoms with Gasteiger partial charge in [0.2, 0.25) is 0 Å². The second kappa shape index (κ2) is 5.23. The molecule has 0 aliphatic heterocycles. The van der Waals surface area contributed by atoms with Crippen LogP contribution < -0.4 is 5.32 Å². The smallest absolute Gasteiger partial charge is 0.126 e. The Morgan fingerprint density at radius 3 is 2.55 bits per heavy atom. The number of aromatic amines is 1. The maximum Gasteiger partial charge on any atom is 0.126 e. The van der Waals surface area contributed by atoms with Gasteiger partial charge in [-0.2, -0.15) is 0 Å². The summed E-state index contributed by atoms with van der Waals surface area (Å²) >= 11 is 11.9. The fourth-order valence-electron chi connectivity index (χ4n) is 1.91. The highest BCUT2D eigenvalue weighted by molar-refractivity contribution is 6.42. The van der Waals surface area contributed by atoms with Crippen molar-refractivity contribution < 1.29 is 5.11 Å². The van der Waals surface area contributed by atoms with Gasteiger partial charge in [-0.1, -0.05) is 23.2 Å². The van der Waals surface area contributed by atoms with Gasteiger partial charge in [0, 0.05) is 5.69 Å². The van der Waals surface area contributed by atoms with E-state index >= 15 is 0 Å². The largest absolute Gasteiger partial charge is 0.508 e. The summed E-state index contributed by atoms with van der Waals surface area (Å²) in [6.07, 6.45) is 0. The monoisotopic (exact) mass is 307 g/mol. The van der Waals surface area contributed by atoms with E-state index in [1.54, 1.807) is 36.4 Å². The quantitative estimate of drug-likeness (QED) is 0.636. The maximum atomic E-state index is 9.22. The van der Waals surface area contributed by atoms with Crippen molar-refractivity contribution in [3.8, 4) is 5.75 Å². The minimum absolute atomic E-state index is 0.239. The van der Waals surface area contributed by atoms with Crippen LogP contribution in [0.25, 0.3) is 11.0 Å². The van der Waals surface area contributed by atoms with Gasteiger partial charge in [0.1, 0.15) is 11.6 Å². The highest BCUT2D eigenvalue weighted by Crippen LogP contribution is 2.26. The predicted octanol–water partition coefficient (Wildman–Crippen LogP) is 4.19. The molecule has 0 unspecified atom stereocenters. The fourth-order valence-corrected chi connectivity index (χ4v) is 2.23. The van der Waals surface area contributed by atoms with Gasteiger partial charge in [0.05, 0.1) is 27.6 Å². The highest BCUT2D eigenvalue weighted by Gasteiger charge is 2.06. The minimum atomic E-state index is 0.239. The third kappa shape index (κ3) is 2.66. The average Bonchev–Trinajstić information content (AvgIpc) is 2.80. The Morgan fingerprint density at radius 1 is 1.10 bits per heavy atom. The summed E-state index contributed by atoms with van der Waals surface area (Å²) < 4.78 is 0. The molecular formula is C14H11Cl2N3O. The first-order valence-electron chi connectivity index (χ1n) is 5.98. The lowest BCUT2D eigenvalue weighted by atomic mass is 10.3. The van der Waals surface area contributed by atoms with E-state index in [1.807, 2.05) is 0 Å².